The van der Waals surface area contributed by atoms with Crippen LogP contribution in [0.3, 0.4) is 0 Å². The molecule has 0 spiro atoms. The summed E-state index contributed by atoms with van der Waals surface area (Å²) in [6.45, 7) is 8.77. The van der Waals surface area contributed by atoms with Gasteiger partial charge in [-0.3, -0.25) is 4.90 Å². The van der Waals surface area contributed by atoms with Crippen LogP contribution in [0.1, 0.15) is 26.3 Å². The van der Waals surface area contributed by atoms with Crippen LogP contribution in [-0.2, 0) is 0 Å². The van der Waals surface area contributed by atoms with Crippen LogP contribution >= 0.6 is 0 Å². The monoisotopic (exact) mass is 246 g/mol. The van der Waals surface area contributed by atoms with Gasteiger partial charge in [0.25, 0.3) is 0 Å². The molecule has 0 aromatic heterocycles. The summed E-state index contributed by atoms with van der Waals surface area (Å²) in [4.78, 5) is 13.8. The first-order valence-electron chi connectivity index (χ1n) is 6.36. The van der Waals surface area contributed by atoms with Crippen LogP contribution in [0.4, 0.5) is 10.5 Å². The molecule has 0 saturated carbocycles. The van der Waals surface area contributed by atoms with Gasteiger partial charge in [-0.25, -0.2) is 4.79 Å². The van der Waals surface area contributed by atoms with Gasteiger partial charge in [0.05, 0.1) is 0 Å². The van der Waals surface area contributed by atoms with Gasteiger partial charge in [-0.15, -0.1) is 0 Å². The van der Waals surface area contributed by atoms with Crippen LogP contribution in [0.25, 0.3) is 0 Å². The highest BCUT2D eigenvalue weighted by atomic mass is 16.2. The van der Waals surface area contributed by atoms with Crippen molar-refractivity contribution in [2.45, 2.75) is 27.7 Å². The summed E-state index contributed by atoms with van der Waals surface area (Å²) in [6, 6.07) is 7.84. The van der Waals surface area contributed by atoms with Crippen molar-refractivity contribution in [1.29, 1.82) is 0 Å². The summed E-state index contributed by atoms with van der Waals surface area (Å²) < 4.78 is 0. The normalized spacial score (nSPS) is 10.9. The predicted octanol–water partition coefficient (Wildman–Crippen LogP) is 3.70. The van der Waals surface area contributed by atoms with Gasteiger partial charge in [-0.1, -0.05) is 32.1 Å². The smallest absolute Gasteiger partial charge is 0.315 e. The Hall–Kier alpha value is -1.77. The van der Waals surface area contributed by atoms with Gasteiger partial charge in [0, 0.05) is 18.4 Å². The molecule has 0 atom stereocenters. The second-order valence-corrected chi connectivity index (χ2v) is 4.64. The highest BCUT2D eigenvalue weighted by Crippen LogP contribution is 2.15. The quantitative estimate of drug-likeness (QED) is 0.863. The molecular weight excluding hydrogens is 224 g/mol. The maximum Gasteiger partial charge on any atom is 0.325 e. The maximum atomic E-state index is 12.0. The number of hydrogen-bond donors (Lipinski definition) is 1. The van der Waals surface area contributed by atoms with E-state index in [0.29, 0.717) is 12.5 Å². The minimum atomic E-state index is -0.0972. The van der Waals surface area contributed by atoms with E-state index in [-0.39, 0.29) is 6.03 Å². The molecule has 3 nitrogen and oxygen atoms in total. The maximum absolute atomic E-state index is 12.0. The van der Waals surface area contributed by atoms with E-state index in [1.54, 1.807) is 11.1 Å². The zero-order valence-electron chi connectivity index (χ0n) is 11.6. The van der Waals surface area contributed by atoms with Crippen LogP contribution in [-0.4, -0.2) is 12.6 Å². The van der Waals surface area contributed by atoms with Gasteiger partial charge in [-0.05, 0) is 37.5 Å². The molecule has 0 aliphatic carbocycles. The third-order valence-electron chi connectivity index (χ3n) is 2.56. The first-order valence-corrected chi connectivity index (χ1v) is 6.36. The number of anilines is 1. The SMILES string of the molecule is CCN(C(=O)N/C=C/C(C)C)c1cccc(C)c1. The highest BCUT2D eigenvalue weighted by molar-refractivity contribution is 5.92. The van der Waals surface area contributed by atoms with Crippen molar-refractivity contribution in [2.24, 2.45) is 5.92 Å². The molecule has 3 heteroatoms. The molecule has 0 radical (unpaired) electrons. The number of nitrogens with one attached hydrogen (secondary N) is 1. The number of hydrogen-bond acceptors (Lipinski definition) is 1. The Kier molecular flexibility index (Phi) is 5.43. The van der Waals surface area contributed by atoms with E-state index >= 15 is 0 Å². The van der Waals surface area contributed by atoms with Crippen molar-refractivity contribution in [3.05, 3.63) is 42.1 Å². The van der Waals surface area contributed by atoms with Gasteiger partial charge >= 0.3 is 6.03 Å². The predicted molar refractivity (Wildman–Crippen MR) is 76.7 cm³/mol. The molecule has 0 bridgehead atoms. The van der Waals surface area contributed by atoms with Gasteiger partial charge in [0.15, 0.2) is 0 Å². The standard InChI is InChI=1S/C15H22N2O/c1-5-17(14-8-6-7-13(4)11-14)15(18)16-10-9-12(2)3/h6-12H,5H2,1-4H3,(H,16,18)/b10-9+. The fourth-order valence-electron chi connectivity index (χ4n) is 1.63. The molecule has 98 valence electrons. The first kappa shape index (κ1) is 14.3. The molecule has 1 rings (SSSR count). The molecule has 2 amide bonds. The fraction of sp³-hybridized carbons (Fsp3) is 0.400. The molecule has 18 heavy (non-hydrogen) atoms. The molecule has 1 aromatic rings. The summed E-state index contributed by atoms with van der Waals surface area (Å²) in [5.41, 5.74) is 2.07. The van der Waals surface area contributed by atoms with E-state index in [2.05, 4.69) is 19.2 Å². The van der Waals surface area contributed by atoms with E-state index in [1.165, 1.54) is 0 Å². The Balaban J connectivity index is 2.74. The second-order valence-electron chi connectivity index (χ2n) is 4.64. The average Bonchev–Trinajstić information content (AvgIpc) is 2.29. The number of aryl methyl sites for hydroxylation is 1. The lowest BCUT2D eigenvalue weighted by molar-refractivity contribution is 0.249. The molecule has 1 N–H and O–H groups in total. The van der Waals surface area contributed by atoms with Crippen LogP contribution in [0.5, 0.6) is 0 Å². The van der Waals surface area contributed by atoms with Crippen molar-refractivity contribution < 1.29 is 4.79 Å². The number of urea groups is 1. The summed E-state index contributed by atoms with van der Waals surface area (Å²) in [5, 5.41) is 2.79. The van der Waals surface area contributed by atoms with Gasteiger partial charge in [0.1, 0.15) is 0 Å². The number of allylic oxidation sites excluding steroid dienone is 1. The summed E-state index contributed by atoms with van der Waals surface area (Å²) >= 11 is 0. The topological polar surface area (TPSA) is 32.3 Å². The van der Waals surface area contributed by atoms with Crippen molar-refractivity contribution in [3.63, 3.8) is 0 Å². The van der Waals surface area contributed by atoms with Crippen molar-refractivity contribution in [2.75, 3.05) is 11.4 Å². The van der Waals surface area contributed by atoms with Crippen LogP contribution in [0.15, 0.2) is 36.5 Å². The van der Waals surface area contributed by atoms with Crippen molar-refractivity contribution in [3.8, 4) is 0 Å². The molecule has 1 aromatic carbocycles. The molecule has 0 aliphatic rings. The number of carbonyl (C=O) groups excluding carboxylic acids is 1. The Bertz CT molecular complexity index is 424. The van der Waals surface area contributed by atoms with Crippen molar-refractivity contribution in [1.82, 2.24) is 5.32 Å². The Morgan fingerprint density at radius 2 is 2.17 bits per heavy atom. The molecule has 0 aliphatic heterocycles. The third kappa shape index (κ3) is 4.24. The average molecular weight is 246 g/mol. The van der Waals surface area contributed by atoms with Gasteiger partial charge in [0.2, 0.25) is 0 Å². The number of rotatable bonds is 4. The van der Waals surface area contributed by atoms with Crippen molar-refractivity contribution >= 4 is 11.7 Å². The van der Waals surface area contributed by atoms with Gasteiger partial charge < -0.3 is 5.32 Å². The van der Waals surface area contributed by atoms with E-state index in [4.69, 9.17) is 0 Å². The minimum Gasteiger partial charge on any atom is -0.315 e. The Morgan fingerprint density at radius 1 is 1.44 bits per heavy atom. The lowest BCUT2D eigenvalue weighted by Crippen LogP contribution is -2.37. The van der Waals surface area contributed by atoms with Crippen LogP contribution in [0, 0.1) is 12.8 Å². The molecular formula is C15H22N2O. The lowest BCUT2D eigenvalue weighted by Gasteiger charge is -2.20. The zero-order valence-corrected chi connectivity index (χ0v) is 11.6. The summed E-state index contributed by atoms with van der Waals surface area (Å²) in [6.07, 6.45) is 3.67. The minimum absolute atomic E-state index is 0.0972. The largest absolute Gasteiger partial charge is 0.325 e. The van der Waals surface area contributed by atoms with Gasteiger partial charge in [-0.2, -0.15) is 0 Å². The Labute approximate surface area is 109 Å². The molecule has 0 saturated heterocycles. The number of amides is 2. The fourth-order valence-corrected chi connectivity index (χ4v) is 1.63. The Morgan fingerprint density at radius 3 is 2.72 bits per heavy atom. The summed E-state index contributed by atoms with van der Waals surface area (Å²) in [5.74, 6) is 0.430. The number of benzene rings is 1. The van der Waals surface area contributed by atoms with E-state index in [0.717, 1.165) is 11.3 Å². The van der Waals surface area contributed by atoms with E-state index < -0.39 is 0 Å². The number of nitrogens with zero attached hydrogens (tertiary/aromatic N) is 1. The van der Waals surface area contributed by atoms with Crippen LogP contribution in [0.2, 0.25) is 0 Å². The molecule has 0 unspecified atom stereocenters. The van der Waals surface area contributed by atoms with E-state index in [9.17, 15) is 4.79 Å². The zero-order chi connectivity index (χ0) is 13.5. The van der Waals surface area contributed by atoms with Crippen LogP contribution < -0.4 is 10.2 Å². The highest BCUT2D eigenvalue weighted by Gasteiger charge is 2.11. The molecule has 0 heterocycles. The summed E-state index contributed by atoms with van der Waals surface area (Å²) in [7, 11) is 0. The van der Waals surface area contributed by atoms with E-state index in [1.807, 2.05) is 44.2 Å². The third-order valence-corrected chi connectivity index (χ3v) is 2.56. The second kappa shape index (κ2) is 6.84. The lowest BCUT2D eigenvalue weighted by atomic mass is 10.2. The number of carbonyl (C=O) groups is 1. The first-order chi connectivity index (χ1) is 8.54. The molecule has 0 fully saturated rings.